The maximum atomic E-state index is 4.44. The molecule has 0 saturated heterocycles. The maximum absolute atomic E-state index is 4.44. The first-order chi connectivity index (χ1) is 6.45. The molecule has 0 amide bonds. The van der Waals surface area contributed by atoms with Gasteiger partial charge < -0.3 is 5.32 Å². The van der Waals surface area contributed by atoms with E-state index in [4.69, 9.17) is 0 Å². The Labute approximate surface area is 94.6 Å². The smallest absolute Gasteiger partial charge is 0.658 e. The summed E-state index contributed by atoms with van der Waals surface area (Å²) in [5.41, 5.74) is 1.99. The average molecular weight is 232 g/mol. The minimum absolute atomic E-state index is 0. The van der Waals surface area contributed by atoms with E-state index >= 15 is 0 Å². The van der Waals surface area contributed by atoms with Crippen LogP contribution < -0.4 is 0 Å². The van der Waals surface area contributed by atoms with Crippen LogP contribution in [0.1, 0.15) is 0 Å². The molecule has 2 heteroatoms. The molecule has 1 nitrogen and oxygen atoms in total. The second kappa shape index (κ2) is 5.48. The monoisotopic (exact) mass is 231 g/mol. The molecule has 0 bridgehead atoms. The topological polar surface area (TPSA) is 14.1 Å². The summed E-state index contributed by atoms with van der Waals surface area (Å²) in [5.74, 6) is 0. The zero-order chi connectivity index (χ0) is 8.93. The number of hydrogen-bond acceptors (Lipinski definition) is 0. The van der Waals surface area contributed by atoms with Crippen LogP contribution in [0.15, 0.2) is 60.7 Å². The van der Waals surface area contributed by atoms with Gasteiger partial charge in [0.05, 0.1) is 0 Å². The van der Waals surface area contributed by atoms with Crippen molar-refractivity contribution in [3.8, 4) is 0 Å². The molecule has 14 heavy (non-hydrogen) atoms. The van der Waals surface area contributed by atoms with Crippen molar-refractivity contribution in [1.29, 1.82) is 0 Å². The normalized spacial score (nSPS) is 8.86. The van der Waals surface area contributed by atoms with Crippen molar-refractivity contribution in [2.24, 2.45) is 0 Å². The van der Waals surface area contributed by atoms with Crippen molar-refractivity contribution in [3.05, 3.63) is 66.0 Å². The second-order valence-electron chi connectivity index (χ2n) is 2.78. The minimum Gasteiger partial charge on any atom is -0.658 e. The van der Waals surface area contributed by atoms with Gasteiger partial charge in [0.15, 0.2) is 0 Å². The molecule has 0 N–H and O–H groups in total. The van der Waals surface area contributed by atoms with Crippen molar-refractivity contribution < 1.29 is 17.1 Å². The molecule has 0 saturated carbocycles. The van der Waals surface area contributed by atoms with E-state index in [0.717, 1.165) is 11.4 Å². The Hall–Kier alpha value is -1.24. The number of hydrogen-bond donors (Lipinski definition) is 0. The summed E-state index contributed by atoms with van der Waals surface area (Å²) in [7, 11) is 0. The summed E-state index contributed by atoms with van der Waals surface area (Å²) >= 11 is 0. The van der Waals surface area contributed by atoms with E-state index in [1.165, 1.54) is 0 Å². The molecular formula is C12H10CuN. The van der Waals surface area contributed by atoms with Gasteiger partial charge in [0.1, 0.15) is 0 Å². The van der Waals surface area contributed by atoms with E-state index in [-0.39, 0.29) is 17.1 Å². The summed E-state index contributed by atoms with van der Waals surface area (Å²) in [4.78, 5) is 0. The Balaban J connectivity index is 0.000000980. The fourth-order valence-corrected chi connectivity index (χ4v) is 1.15. The van der Waals surface area contributed by atoms with E-state index in [0.29, 0.717) is 0 Å². The zero-order valence-electron chi connectivity index (χ0n) is 7.52. The predicted molar refractivity (Wildman–Crippen MR) is 55.6 cm³/mol. The van der Waals surface area contributed by atoms with Gasteiger partial charge in [-0.05, 0) is 0 Å². The van der Waals surface area contributed by atoms with Crippen LogP contribution >= 0.6 is 0 Å². The number of para-hydroxylation sites is 2. The van der Waals surface area contributed by atoms with E-state index in [2.05, 4.69) is 5.32 Å². The third-order valence-corrected chi connectivity index (χ3v) is 1.77. The number of rotatable bonds is 2. The van der Waals surface area contributed by atoms with Gasteiger partial charge >= 0.3 is 17.1 Å². The van der Waals surface area contributed by atoms with Crippen LogP contribution in [0, 0.1) is 0 Å². The molecule has 0 radical (unpaired) electrons. The van der Waals surface area contributed by atoms with E-state index in [1.54, 1.807) is 0 Å². The molecule has 74 valence electrons. The van der Waals surface area contributed by atoms with Gasteiger partial charge in [-0.1, -0.05) is 60.7 Å². The van der Waals surface area contributed by atoms with Gasteiger partial charge in [0.25, 0.3) is 0 Å². The molecule has 0 fully saturated rings. The van der Waals surface area contributed by atoms with Crippen molar-refractivity contribution in [2.45, 2.75) is 0 Å². The second-order valence-corrected chi connectivity index (χ2v) is 2.78. The Bertz CT molecular complexity index is 321. The van der Waals surface area contributed by atoms with E-state index in [9.17, 15) is 0 Å². The molecule has 2 rings (SSSR count). The molecule has 0 heterocycles. The van der Waals surface area contributed by atoms with Crippen LogP contribution in [-0.4, -0.2) is 0 Å². The van der Waals surface area contributed by atoms with Crippen molar-refractivity contribution in [3.63, 3.8) is 0 Å². The molecule has 0 spiro atoms. The van der Waals surface area contributed by atoms with E-state index < -0.39 is 0 Å². The van der Waals surface area contributed by atoms with Gasteiger partial charge in [0.2, 0.25) is 0 Å². The molecule has 0 aliphatic rings. The first-order valence-electron chi connectivity index (χ1n) is 4.27. The van der Waals surface area contributed by atoms with Gasteiger partial charge in [-0.25, -0.2) is 0 Å². The molecule has 0 atom stereocenters. The van der Waals surface area contributed by atoms with Crippen molar-refractivity contribution in [1.82, 2.24) is 0 Å². The molecular weight excluding hydrogens is 222 g/mol. The Morgan fingerprint density at radius 1 is 0.571 bits per heavy atom. The summed E-state index contributed by atoms with van der Waals surface area (Å²) < 4.78 is 0. The van der Waals surface area contributed by atoms with Gasteiger partial charge in [0, 0.05) is 0 Å². The van der Waals surface area contributed by atoms with Gasteiger partial charge in [-0.15, -0.1) is 11.4 Å². The summed E-state index contributed by atoms with van der Waals surface area (Å²) in [6.45, 7) is 0. The van der Waals surface area contributed by atoms with Crippen LogP contribution in [-0.2, 0) is 17.1 Å². The molecule has 2 aromatic rings. The largest absolute Gasteiger partial charge is 1.00 e. The summed E-state index contributed by atoms with van der Waals surface area (Å²) in [6, 6.07) is 19.9. The Morgan fingerprint density at radius 3 is 1.29 bits per heavy atom. The first kappa shape index (κ1) is 10.8. The van der Waals surface area contributed by atoms with Crippen molar-refractivity contribution in [2.75, 3.05) is 0 Å². The van der Waals surface area contributed by atoms with Gasteiger partial charge in [-0.3, -0.25) is 0 Å². The van der Waals surface area contributed by atoms with Crippen LogP contribution in [0.4, 0.5) is 11.4 Å². The minimum atomic E-state index is 0. The third-order valence-electron chi connectivity index (χ3n) is 1.77. The quantitative estimate of drug-likeness (QED) is 0.694. The fourth-order valence-electron chi connectivity index (χ4n) is 1.15. The molecule has 0 aliphatic carbocycles. The zero-order valence-corrected chi connectivity index (χ0v) is 8.46. The maximum Gasteiger partial charge on any atom is 1.00 e. The Morgan fingerprint density at radius 2 is 0.929 bits per heavy atom. The standard InChI is InChI=1S/C12H10N.Cu/c1-3-7-11(8-4-1)13-12-9-5-2-6-10-12;/h1-10H;/q-1;+1. The van der Waals surface area contributed by atoms with Gasteiger partial charge in [-0.2, -0.15) is 0 Å². The summed E-state index contributed by atoms with van der Waals surface area (Å²) in [6.07, 6.45) is 0. The predicted octanol–water partition coefficient (Wildman–Crippen LogP) is 4.02. The molecule has 0 unspecified atom stereocenters. The summed E-state index contributed by atoms with van der Waals surface area (Å²) in [5, 5.41) is 4.44. The fraction of sp³-hybridized carbons (Fsp3) is 0. The number of nitrogens with zero attached hydrogens (tertiary/aromatic N) is 1. The van der Waals surface area contributed by atoms with Crippen molar-refractivity contribution >= 4 is 11.4 Å². The Kier molecular flexibility index (Phi) is 4.24. The van der Waals surface area contributed by atoms with Crippen LogP contribution in [0.3, 0.4) is 0 Å². The first-order valence-corrected chi connectivity index (χ1v) is 4.27. The van der Waals surface area contributed by atoms with Crippen LogP contribution in [0.2, 0.25) is 0 Å². The third kappa shape index (κ3) is 2.91. The molecule has 2 aromatic carbocycles. The average Bonchev–Trinajstić information content (AvgIpc) is 2.21. The van der Waals surface area contributed by atoms with E-state index in [1.807, 2.05) is 60.7 Å². The number of benzene rings is 2. The SMILES string of the molecule is [Cu+].c1ccc([N-]c2ccccc2)cc1. The van der Waals surface area contributed by atoms with Crippen LogP contribution in [0.5, 0.6) is 0 Å². The molecule has 0 aliphatic heterocycles. The molecule has 0 aromatic heterocycles. The van der Waals surface area contributed by atoms with Crippen LogP contribution in [0.25, 0.3) is 5.32 Å².